The third-order valence-corrected chi connectivity index (χ3v) is 5.68. The molecule has 146 valence electrons. The number of hydrogen-bond donors (Lipinski definition) is 1. The number of benzene rings is 1. The van der Waals surface area contributed by atoms with E-state index in [1.165, 1.54) is 24.6 Å². The smallest absolute Gasteiger partial charge is 0.230 e. The van der Waals surface area contributed by atoms with Crippen molar-refractivity contribution in [1.82, 2.24) is 20.1 Å². The lowest BCUT2D eigenvalue weighted by Gasteiger charge is -2.14. The van der Waals surface area contributed by atoms with Crippen LogP contribution in [0, 0.1) is 0 Å². The van der Waals surface area contributed by atoms with Crippen LogP contribution in [-0.2, 0) is 11.8 Å². The van der Waals surface area contributed by atoms with Crippen molar-refractivity contribution in [1.29, 1.82) is 0 Å². The largest absolute Gasteiger partial charge is 0.497 e. The molecule has 1 unspecified atom stereocenters. The minimum Gasteiger partial charge on any atom is -0.497 e. The molecule has 1 aliphatic rings. The van der Waals surface area contributed by atoms with E-state index in [-0.39, 0.29) is 12.0 Å². The standard InChI is InChI=1S/C19H26N4O3S/c1-13(26-16-10-8-15(25-3)9-11-16)18-21-22-19(23(18)2)27-12-17(24)20-14-6-4-5-7-14/h8-11,13-14H,4-7,12H2,1-3H3,(H,20,24). The summed E-state index contributed by atoms with van der Waals surface area (Å²) in [5.41, 5.74) is 0. The Kier molecular flexibility index (Phi) is 6.60. The molecule has 1 atom stereocenters. The second kappa shape index (κ2) is 9.12. The summed E-state index contributed by atoms with van der Waals surface area (Å²) >= 11 is 1.39. The van der Waals surface area contributed by atoms with Crippen LogP contribution in [0.4, 0.5) is 0 Å². The normalized spacial score (nSPS) is 15.5. The molecule has 1 N–H and O–H groups in total. The van der Waals surface area contributed by atoms with Gasteiger partial charge in [-0.25, -0.2) is 0 Å². The third kappa shape index (κ3) is 5.15. The van der Waals surface area contributed by atoms with Gasteiger partial charge in [-0.05, 0) is 44.0 Å². The van der Waals surface area contributed by atoms with Crippen LogP contribution in [0.25, 0.3) is 0 Å². The molecular formula is C19H26N4O3S. The number of ether oxygens (including phenoxy) is 2. The maximum atomic E-state index is 12.1. The number of nitrogens with zero attached hydrogens (tertiary/aromatic N) is 3. The molecule has 1 heterocycles. The van der Waals surface area contributed by atoms with Crippen LogP contribution in [0.3, 0.4) is 0 Å². The fourth-order valence-corrected chi connectivity index (χ4v) is 3.92. The summed E-state index contributed by atoms with van der Waals surface area (Å²) in [6.07, 6.45) is 4.32. The Balaban J connectivity index is 1.54. The van der Waals surface area contributed by atoms with Gasteiger partial charge < -0.3 is 19.4 Å². The van der Waals surface area contributed by atoms with Crippen LogP contribution in [0.1, 0.15) is 44.5 Å². The topological polar surface area (TPSA) is 78.3 Å². The van der Waals surface area contributed by atoms with E-state index in [2.05, 4.69) is 15.5 Å². The first-order valence-electron chi connectivity index (χ1n) is 9.19. The van der Waals surface area contributed by atoms with E-state index in [0.29, 0.717) is 22.8 Å². The monoisotopic (exact) mass is 390 g/mol. The molecule has 1 aliphatic carbocycles. The van der Waals surface area contributed by atoms with Crippen molar-refractivity contribution in [3.05, 3.63) is 30.1 Å². The number of methoxy groups -OCH3 is 1. The first-order valence-corrected chi connectivity index (χ1v) is 10.2. The lowest BCUT2D eigenvalue weighted by Crippen LogP contribution is -2.33. The second-order valence-corrected chi connectivity index (χ2v) is 7.62. The predicted molar refractivity (Wildman–Crippen MR) is 104 cm³/mol. The predicted octanol–water partition coefficient (Wildman–Crippen LogP) is 3.11. The van der Waals surface area contributed by atoms with Crippen LogP contribution in [0.2, 0.25) is 0 Å². The molecule has 0 spiro atoms. The van der Waals surface area contributed by atoms with Gasteiger partial charge in [0, 0.05) is 13.1 Å². The minimum absolute atomic E-state index is 0.0546. The molecule has 0 bridgehead atoms. The van der Waals surface area contributed by atoms with Crippen LogP contribution in [-0.4, -0.2) is 39.6 Å². The number of nitrogens with one attached hydrogen (secondary N) is 1. The van der Waals surface area contributed by atoms with Crippen molar-refractivity contribution in [3.8, 4) is 11.5 Å². The SMILES string of the molecule is COc1ccc(OC(C)c2nnc(SCC(=O)NC3CCCC3)n2C)cc1. The van der Waals surface area contributed by atoms with Gasteiger partial charge in [-0.15, -0.1) is 10.2 Å². The number of carbonyl (C=O) groups excluding carboxylic acids is 1. The number of thioether (sulfide) groups is 1. The van der Waals surface area contributed by atoms with Crippen LogP contribution in [0.15, 0.2) is 29.4 Å². The molecule has 2 aromatic rings. The zero-order valence-electron chi connectivity index (χ0n) is 16.0. The Morgan fingerprint density at radius 1 is 1.26 bits per heavy atom. The second-order valence-electron chi connectivity index (χ2n) is 6.67. The molecule has 0 aliphatic heterocycles. The molecule has 1 fully saturated rings. The Hall–Kier alpha value is -2.22. The van der Waals surface area contributed by atoms with Gasteiger partial charge in [0.25, 0.3) is 0 Å². The molecule has 0 radical (unpaired) electrons. The van der Waals surface area contributed by atoms with Gasteiger partial charge in [-0.2, -0.15) is 0 Å². The lowest BCUT2D eigenvalue weighted by molar-refractivity contribution is -0.119. The molecule has 1 amide bonds. The van der Waals surface area contributed by atoms with E-state index in [4.69, 9.17) is 9.47 Å². The first kappa shape index (κ1) is 19.5. The molecule has 1 aromatic carbocycles. The Labute approximate surface area is 163 Å². The van der Waals surface area contributed by atoms with Gasteiger partial charge in [0.05, 0.1) is 12.9 Å². The van der Waals surface area contributed by atoms with Gasteiger partial charge in [0.1, 0.15) is 11.5 Å². The number of rotatable bonds is 8. The maximum Gasteiger partial charge on any atom is 0.230 e. The molecule has 3 rings (SSSR count). The fraction of sp³-hybridized carbons (Fsp3) is 0.526. The van der Waals surface area contributed by atoms with Crippen LogP contribution >= 0.6 is 11.8 Å². The molecule has 27 heavy (non-hydrogen) atoms. The quantitative estimate of drug-likeness (QED) is 0.698. The summed E-state index contributed by atoms with van der Waals surface area (Å²) in [5.74, 6) is 2.62. The summed E-state index contributed by atoms with van der Waals surface area (Å²) < 4.78 is 13.0. The van der Waals surface area contributed by atoms with Crippen molar-refractivity contribution < 1.29 is 14.3 Å². The van der Waals surface area contributed by atoms with Crippen LogP contribution < -0.4 is 14.8 Å². The number of hydrogen-bond acceptors (Lipinski definition) is 6. The molecular weight excluding hydrogens is 364 g/mol. The zero-order chi connectivity index (χ0) is 19.2. The van der Waals surface area contributed by atoms with Crippen molar-refractivity contribution in [3.63, 3.8) is 0 Å². The maximum absolute atomic E-state index is 12.1. The highest BCUT2D eigenvalue weighted by molar-refractivity contribution is 7.99. The van der Waals surface area contributed by atoms with Crippen molar-refractivity contribution >= 4 is 17.7 Å². The Bertz CT molecular complexity index is 757. The van der Waals surface area contributed by atoms with E-state index < -0.39 is 0 Å². The summed E-state index contributed by atoms with van der Waals surface area (Å²) in [6.45, 7) is 1.93. The fourth-order valence-electron chi connectivity index (χ4n) is 3.19. The van der Waals surface area contributed by atoms with Crippen LogP contribution in [0.5, 0.6) is 11.5 Å². The van der Waals surface area contributed by atoms with E-state index in [0.717, 1.165) is 24.3 Å². The van der Waals surface area contributed by atoms with E-state index >= 15 is 0 Å². The molecule has 8 heteroatoms. The van der Waals surface area contributed by atoms with Gasteiger partial charge >= 0.3 is 0 Å². The number of carbonyl (C=O) groups is 1. The highest BCUT2D eigenvalue weighted by atomic mass is 32.2. The average molecular weight is 391 g/mol. The number of amides is 1. The van der Waals surface area contributed by atoms with Gasteiger partial charge in [0.15, 0.2) is 17.1 Å². The van der Waals surface area contributed by atoms with E-state index in [1.54, 1.807) is 7.11 Å². The molecule has 0 saturated heterocycles. The van der Waals surface area contributed by atoms with E-state index in [1.807, 2.05) is 42.8 Å². The van der Waals surface area contributed by atoms with Crippen molar-refractivity contribution in [2.75, 3.05) is 12.9 Å². The highest BCUT2D eigenvalue weighted by Gasteiger charge is 2.20. The molecule has 7 nitrogen and oxygen atoms in total. The van der Waals surface area contributed by atoms with E-state index in [9.17, 15) is 4.79 Å². The first-order chi connectivity index (χ1) is 13.1. The summed E-state index contributed by atoms with van der Waals surface area (Å²) in [7, 11) is 3.52. The average Bonchev–Trinajstić information content (AvgIpc) is 3.30. The zero-order valence-corrected chi connectivity index (χ0v) is 16.8. The van der Waals surface area contributed by atoms with Gasteiger partial charge in [0.2, 0.25) is 5.91 Å². The number of aromatic nitrogens is 3. The van der Waals surface area contributed by atoms with Gasteiger partial charge in [-0.3, -0.25) is 4.79 Å². The van der Waals surface area contributed by atoms with Crippen molar-refractivity contribution in [2.45, 2.75) is 49.9 Å². The highest BCUT2D eigenvalue weighted by Crippen LogP contribution is 2.25. The molecule has 1 saturated carbocycles. The summed E-state index contributed by atoms with van der Waals surface area (Å²) in [4.78, 5) is 12.1. The third-order valence-electron chi connectivity index (χ3n) is 4.66. The Morgan fingerprint density at radius 3 is 2.59 bits per heavy atom. The van der Waals surface area contributed by atoms with Crippen molar-refractivity contribution in [2.24, 2.45) is 7.05 Å². The Morgan fingerprint density at radius 2 is 1.93 bits per heavy atom. The summed E-state index contributed by atoms with van der Waals surface area (Å²) in [6, 6.07) is 7.75. The van der Waals surface area contributed by atoms with Gasteiger partial charge in [-0.1, -0.05) is 24.6 Å². The summed E-state index contributed by atoms with van der Waals surface area (Å²) in [5, 5.41) is 12.2. The lowest BCUT2D eigenvalue weighted by atomic mass is 10.2. The molecule has 1 aromatic heterocycles. The minimum atomic E-state index is -0.266.